The van der Waals surface area contributed by atoms with E-state index in [0.717, 1.165) is 0 Å². The summed E-state index contributed by atoms with van der Waals surface area (Å²) in [5, 5.41) is 0. The van der Waals surface area contributed by atoms with Gasteiger partial charge in [0.2, 0.25) is 0 Å². The molecule has 0 saturated carbocycles. The molecule has 0 aromatic rings. The molecule has 0 atom stereocenters. The van der Waals surface area contributed by atoms with Gasteiger partial charge in [0.25, 0.3) is 0 Å². The van der Waals surface area contributed by atoms with Gasteiger partial charge in [-0.15, -0.1) is 0 Å². The zero-order valence-corrected chi connectivity index (χ0v) is 11.2. The molecule has 10 heteroatoms. The summed E-state index contributed by atoms with van der Waals surface area (Å²) in [5.41, 5.74) is 0. The zero-order valence-electron chi connectivity index (χ0n) is 4.87. The van der Waals surface area contributed by atoms with Crippen molar-refractivity contribution >= 4 is 30.0 Å². The first kappa shape index (κ1) is 17.6. The molecule has 56 valence electrons. The van der Waals surface area contributed by atoms with Crippen LogP contribution >= 0.6 is 7.82 Å². The molecule has 0 unspecified atom stereocenters. The van der Waals surface area contributed by atoms with Gasteiger partial charge in [0.15, 0.2) is 0 Å². The van der Waals surface area contributed by atoms with Gasteiger partial charge in [-0.3, -0.25) is 0 Å². The fraction of sp³-hybridized carbons (Fsp3) is 0. The molecule has 0 heterocycles. The first-order valence-corrected chi connectivity index (χ1v) is 7.15. The van der Waals surface area contributed by atoms with Crippen LogP contribution in [0.4, 0.5) is 0 Å². The third-order valence-electron chi connectivity index (χ3n) is 0. The van der Waals surface area contributed by atoms with E-state index >= 15 is 0 Å². The van der Waals surface area contributed by atoms with E-state index in [-0.39, 0.29) is 29.6 Å². The van der Waals surface area contributed by atoms with Gasteiger partial charge in [-0.2, -0.15) is 0 Å². The van der Waals surface area contributed by atoms with E-state index in [9.17, 15) is 0 Å². The summed E-state index contributed by atoms with van der Waals surface area (Å²) in [6.07, 6.45) is 0. The molecule has 0 rings (SSSR count). The van der Waals surface area contributed by atoms with Crippen molar-refractivity contribution in [1.29, 1.82) is 0 Å². The minimum absolute atomic E-state index is 0. The Hall–Kier alpha value is 1.55. The molecule has 0 aromatic carbocycles. The Kier molecular flexibility index (Phi) is 15.2. The van der Waals surface area contributed by atoms with Crippen molar-refractivity contribution in [3.63, 3.8) is 0 Å². The third-order valence-corrected chi connectivity index (χ3v) is 0. The van der Waals surface area contributed by atoms with E-state index in [1.165, 1.54) is 0 Å². The Morgan fingerprint density at radius 2 is 1.20 bits per heavy atom. The Bertz CT molecular complexity index is 148. The molecular weight excluding hydrogens is 375 g/mol. The molecule has 0 radical (unpaired) electrons. The van der Waals surface area contributed by atoms with Crippen LogP contribution < -0.4 is 32.7 Å². The van der Waals surface area contributed by atoms with Crippen molar-refractivity contribution < 1.29 is 57.6 Å². The van der Waals surface area contributed by atoms with E-state index in [2.05, 4.69) is 0 Å². The molecular formula is H3BiNaO7P. The van der Waals surface area contributed by atoms with Gasteiger partial charge in [0.1, 0.15) is 0 Å². The van der Waals surface area contributed by atoms with Crippen LogP contribution in [-0.4, -0.2) is 36.9 Å². The fourth-order valence-electron chi connectivity index (χ4n) is 0. The Balaban J connectivity index is -0.0000000910. The first-order chi connectivity index (χ1) is 3.73. The summed E-state index contributed by atoms with van der Waals surface area (Å²) in [6.45, 7) is 0. The molecule has 3 N–H and O–H groups in total. The molecule has 0 aliphatic carbocycles. The summed E-state index contributed by atoms with van der Waals surface area (Å²) in [5.74, 6) is 0. The molecule has 0 saturated heterocycles. The molecule has 0 spiro atoms. The van der Waals surface area contributed by atoms with E-state index in [1.807, 2.05) is 0 Å². The second-order valence-corrected chi connectivity index (χ2v) is 3.50. The number of phosphoric acid groups is 1. The minimum atomic E-state index is -4.64. The SMILES string of the molecule is O=P(O)(O)O.[Na+].[O]=[Bi](=[O])[O-]. The van der Waals surface area contributed by atoms with E-state index < -0.39 is 30.0 Å². The number of hydrogen-bond donors (Lipinski definition) is 3. The zero-order chi connectivity index (χ0) is 8.08. The molecule has 0 aliphatic heterocycles. The Morgan fingerprint density at radius 3 is 1.20 bits per heavy atom. The molecule has 0 bridgehead atoms. The fourth-order valence-corrected chi connectivity index (χ4v) is 0. The van der Waals surface area contributed by atoms with Crippen molar-refractivity contribution in [2.45, 2.75) is 0 Å². The molecule has 10 heavy (non-hydrogen) atoms. The molecule has 0 aromatic heterocycles. The van der Waals surface area contributed by atoms with Gasteiger partial charge in [-0.25, -0.2) is 4.57 Å². The molecule has 7 nitrogen and oxygen atoms in total. The summed E-state index contributed by atoms with van der Waals surface area (Å²) in [4.78, 5) is 21.6. The quantitative estimate of drug-likeness (QED) is 0.283. The van der Waals surface area contributed by atoms with Gasteiger partial charge in [0, 0.05) is 0 Å². The van der Waals surface area contributed by atoms with Crippen LogP contribution in [0.2, 0.25) is 0 Å². The third kappa shape index (κ3) is 290. The van der Waals surface area contributed by atoms with E-state index in [0.29, 0.717) is 0 Å². The normalized spacial score (nSPS) is 8.40. The topological polar surface area (TPSA) is 135 Å². The average Bonchev–Trinajstić information content (AvgIpc) is 1.19. The first-order valence-electron chi connectivity index (χ1n) is 1.33. The van der Waals surface area contributed by atoms with Gasteiger partial charge in [0.05, 0.1) is 0 Å². The van der Waals surface area contributed by atoms with Crippen LogP contribution in [0.3, 0.4) is 0 Å². The second-order valence-electron chi connectivity index (χ2n) is 0.737. The maximum absolute atomic E-state index is 8.88. The van der Waals surface area contributed by atoms with Gasteiger partial charge in [-0.05, 0) is 0 Å². The van der Waals surface area contributed by atoms with Crippen molar-refractivity contribution in [2.75, 3.05) is 0 Å². The van der Waals surface area contributed by atoms with Crippen molar-refractivity contribution in [2.24, 2.45) is 0 Å². The summed E-state index contributed by atoms with van der Waals surface area (Å²) >= 11 is -4.34. The Morgan fingerprint density at radius 1 is 1.20 bits per heavy atom. The van der Waals surface area contributed by atoms with E-state index in [4.69, 9.17) is 28.1 Å². The molecule has 0 fully saturated rings. The second kappa shape index (κ2) is 8.65. The predicted octanol–water partition coefficient (Wildman–Crippen LogP) is -5.73. The van der Waals surface area contributed by atoms with Gasteiger partial charge in [-0.1, -0.05) is 0 Å². The van der Waals surface area contributed by atoms with Crippen molar-refractivity contribution in [3.8, 4) is 0 Å². The van der Waals surface area contributed by atoms with Crippen LogP contribution in [0.25, 0.3) is 0 Å². The van der Waals surface area contributed by atoms with Crippen LogP contribution in [0.1, 0.15) is 0 Å². The van der Waals surface area contributed by atoms with Crippen LogP contribution in [0, 0.1) is 0 Å². The Labute approximate surface area is 86.8 Å². The van der Waals surface area contributed by atoms with Crippen LogP contribution in [-0.2, 0) is 10.2 Å². The summed E-state index contributed by atoms with van der Waals surface area (Å²) < 4.78 is 34.7. The van der Waals surface area contributed by atoms with Gasteiger partial charge >= 0.3 is 68.4 Å². The standard InChI is InChI=1S/Bi.Na.H3O4P.3O/c;;1-5(2,3)4;;;/h;;(H3,1,2,3,4);;;/q;+1;;;;-1. The van der Waals surface area contributed by atoms with E-state index in [1.54, 1.807) is 0 Å². The average molecular weight is 378 g/mol. The molecule has 0 amide bonds. The van der Waals surface area contributed by atoms with Crippen LogP contribution in [0.5, 0.6) is 0 Å². The van der Waals surface area contributed by atoms with Gasteiger partial charge < -0.3 is 14.7 Å². The number of rotatable bonds is 0. The molecule has 0 aliphatic rings. The van der Waals surface area contributed by atoms with Crippen LogP contribution in [0.15, 0.2) is 0 Å². The monoisotopic (exact) mass is 378 g/mol. The van der Waals surface area contributed by atoms with Crippen molar-refractivity contribution in [3.05, 3.63) is 0 Å². The maximum atomic E-state index is 8.88. The summed E-state index contributed by atoms with van der Waals surface area (Å²) in [7, 11) is -4.64. The predicted molar refractivity (Wildman–Crippen MR) is 21.4 cm³/mol. The number of hydrogen-bond acceptors (Lipinski definition) is 4. The summed E-state index contributed by atoms with van der Waals surface area (Å²) in [6, 6.07) is 0. The van der Waals surface area contributed by atoms with Crippen molar-refractivity contribution in [1.82, 2.24) is 0 Å².